The Hall–Kier alpha value is -1.78. The van der Waals surface area contributed by atoms with Crippen LogP contribution in [0, 0.1) is 0 Å². The fourth-order valence-electron chi connectivity index (χ4n) is 2.23. The molecule has 5 nitrogen and oxygen atoms in total. The number of furan rings is 1. The van der Waals surface area contributed by atoms with Gasteiger partial charge in [0.1, 0.15) is 11.8 Å². The highest BCUT2D eigenvalue weighted by Gasteiger charge is 2.35. The van der Waals surface area contributed by atoms with Crippen LogP contribution in [0.2, 0.25) is 0 Å². The average Bonchev–Trinajstić information content (AvgIpc) is 2.96. The molecule has 0 aromatic carbocycles. The van der Waals surface area contributed by atoms with Gasteiger partial charge >= 0.3 is 5.97 Å². The maximum absolute atomic E-state index is 12.2. The summed E-state index contributed by atoms with van der Waals surface area (Å²) in [5, 5.41) is 9.04. The molecule has 1 amide bonds. The van der Waals surface area contributed by atoms with Crippen LogP contribution in [0.1, 0.15) is 35.9 Å². The van der Waals surface area contributed by atoms with Crippen molar-refractivity contribution in [2.24, 2.45) is 0 Å². The third-order valence-electron chi connectivity index (χ3n) is 3.10. The second kappa shape index (κ2) is 4.61. The predicted octanol–water partition coefficient (Wildman–Crippen LogP) is 1.53. The molecule has 1 fully saturated rings. The fraction of sp³-hybridized carbons (Fsp3) is 0.500. The number of carbonyl (C=O) groups excluding carboxylic acids is 1. The van der Waals surface area contributed by atoms with Crippen LogP contribution in [0.4, 0.5) is 0 Å². The van der Waals surface area contributed by atoms with Gasteiger partial charge < -0.3 is 14.4 Å². The summed E-state index contributed by atoms with van der Waals surface area (Å²) >= 11 is 0. The fourth-order valence-corrected chi connectivity index (χ4v) is 2.23. The van der Waals surface area contributed by atoms with E-state index in [1.54, 1.807) is 6.07 Å². The van der Waals surface area contributed by atoms with Crippen LogP contribution in [0.25, 0.3) is 0 Å². The number of carbonyl (C=O) groups is 2. The summed E-state index contributed by atoms with van der Waals surface area (Å²) in [6, 6.07) is 0.917. The zero-order valence-corrected chi connectivity index (χ0v) is 9.68. The third-order valence-corrected chi connectivity index (χ3v) is 3.10. The molecule has 92 valence electrons. The van der Waals surface area contributed by atoms with Gasteiger partial charge in [-0.2, -0.15) is 0 Å². The average molecular weight is 237 g/mol. The molecule has 0 bridgehead atoms. The topological polar surface area (TPSA) is 70.8 Å². The molecule has 0 aliphatic carbocycles. The van der Waals surface area contributed by atoms with E-state index < -0.39 is 12.0 Å². The van der Waals surface area contributed by atoms with Gasteiger partial charge in [0.15, 0.2) is 0 Å². The van der Waals surface area contributed by atoms with Gasteiger partial charge in [0.05, 0.1) is 11.8 Å². The summed E-state index contributed by atoms with van der Waals surface area (Å²) in [5.41, 5.74) is 0.487. The molecule has 5 heteroatoms. The molecule has 1 aromatic heterocycles. The molecule has 1 aliphatic rings. The van der Waals surface area contributed by atoms with Crippen LogP contribution in [-0.4, -0.2) is 34.5 Å². The molecule has 1 aromatic rings. The first-order chi connectivity index (χ1) is 8.15. The van der Waals surface area contributed by atoms with Crippen LogP contribution in [0.15, 0.2) is 16.7 Å². The minimum Gasteiger partial charge on any atom is -0.480 e. The third kappa shape index (κ3) is 2.05. The number of aryl methyl sites for hydroxylation is 1. The van der Waals surface area contributed by atoms with Crippen molar-refractivity contribution >= 4 is 11.9 Å². The highest BCUT2D eigenvalue weighted by molar-refractivity contribution is 5.97. The SMILES string of the molecule is CCc1occc1C(=O)N1CCC[C@H]1C(=O)O. The number of carboxylic acid groups (broad SMARTS) is 1. The largest absolute Gasteiger partial charge is 0.480 e. The molecule has 0 unspecified atom stereocenters. The second-order valence-corrected chi connectivity index (χ2v) is 4.11. The summed E-state index contributed by atoms with van der Waals surface area (Å²) in [5.74, 6) is -0.552. The molecular formula is C12H15NO4. The monoisotopic (exact) mass is 237 g/mol. The lowest BCUT2D eigenvalue weighted by Crippen LogP contribution is -2.40. The standard InChI is InChI=1S/C12H15NO4/c1-2-10-8(5-7-17-10)11(14)13-6-3-4-9(13)12(15)16/h5,7,9H,2-4,6H2,1H3,(H,15,16)/t9-/m0/s1. The molecule has 0 saturated carbocycles. The number of likely N-dealkylation sites (tertiary alicyclic amines) is 1. The Morgan fingerprint density at radius 3 is 3.00 bits per heavy atom. The molecule has 1 saturated heterocycles. The minimum absolute atomic E-state index is 0.236. The van der Waals surface area contributed by atoms with Gasteiger partial charge in [-0.15, -0.1) is 0 Å². The smallest absolute Gasteiger partial charge is 0.326 e. The van der Waals surface area contributed by atoms with Crippen LogP contribution < -0.4 is 0 Å². The quantitative estimate of drug-likeness (QED) is 0.865. The van der Waals surface area contributed by atoms with E-state index in [0.717, 1.165) is 6.42 Å². The van der Waals surface area contributed by atoms with Gasteiger partial charge in [-0.3, -0.25) is 4.79 Å². The maximum Gasteiger partial charge on any atom is 0.326 e. The molecule has 0 spiro atoms. The van der Waals surface area contributed by atoms with Gasteiger partial charge in [-0.05, 0) is 18.9 Å². The Labute approximate surface area is 99.0 Å². The van der Waals surface area contributed by atoms with Crippen LogP contribution in [0.3, 0.4) is 0 Å². The highest BCUT2D eigenvalue weighted by Crippen LogP contribution is 2.22. The molecule has 0 radical (unpaired) electrons. The van der Waals surface area contributed by atoms with E-state index in [9.17, 15) is 9.59 Å². The predicted molar refractivity (Wildman–Crippen MR) is 59.8 cm³/mol. The number of hydrogen-bond donors (Lipinski definition) is 1. The lowest BCUT2D eigenvalue weighted by atomic mass is 10.1. The zero-order chi connectivity index (χ0) is 12.4. The summed E-state index contributed by atoms with van der Waals surface area (Å²) in [6.45, 7) is 2.40. The van der Waals surface area contributed by atoms with Gasteiger partial charge in [0.2, 0.25) is 0 Å². The number of carboxylic acids is 1. The van der Waals surface area contributed by atoms with Crippen molar-refractivity contribution in [1.82, 2.24) is 4.90 Å². The molecule has 2 rings (SSSR count). The van der Waals surface area contributed by atoms with Crippen molar-refractivity contribution in [2.45, 2.75) is 32.2 Å². The molecule has 17 heavy (non-hydrogen) atoms. The second-order valence-electron chi connectivity index (χ2n) is 4.11. The van der Waals surface area contributed by atoms with Crippen molar-refractivity contribution < 1.29 is 19.1 Å². The Kier molecular flexibility index (Phi) is 3.17. The van der Waals surface area contributed by atoms with Gasteiger partial charge in [0, 0.05) is 13.0 Å². The molecular weight excluding hydrogens is 222 g/mol. The van der Waals surface area contributed by atoms with Crippen LogP contribution in [-0.2, 0) is 11.2 Å². The first-order valence-corrected chi connectivity index (χ1v) is 5.75. The number of amides is 1. The Balaban J connectivity index is 2.23. The van der Waals surface area contributed by atoms with Gasteiger partial charge in [-0.25, -0.2) is 4.79 Å². The van der Waals surface area contributed by atoms with E-state index >= 15 is 0 Å². The van der Waals surface area contributed by atoms with E-state index in [1.165, 1.54) is 11.2 Å². The summed E-state index contributed by atoms with van der Waals surface area (Å²) in [4.78, 5) is 24.7. The Morgan fingerprint density at radius 1 is 1.59 bits per heavy atom. The van der Waals surface area contributed by atoms with E-state index in [4.69, 9.17) is 9.52 Å². The van der Waals surface area contributed by atoms with Crippen molar-refractivity contribution in [3.63, 3.8) is 0 Å². The first kappa shape index (κ1) is 11.7. The van der Waals surface area contributed by atoms with E-state index in [2.05, 4.69) is 0 Å². The van der Waals surface area contributed by atoms with Crippen molar-refractivity contribution in [3.05, 3.63) is 23.7 Å². The first-order valence-electron chi connectivity index (χ1n) is 5.75. The van der Waals surface area contributed by atoms with E-state index in [1.807, 2.05) is 6.92 Å². The lowest BCUT2D eigenvalue weighted by molar-refractivity contribution is -0.141. The summed E-state index contributed by atoms with van der Waals surface area (Å²) in [6.07, 6.45) is 3.36. The number of nitrogens with zero attached hydrogens (tertiary/aromatic N) is 1. The highest BCUT2D eigenvalue weighted by atomic mass is 16.4. The minimum atomic E-state index is -0.933. The normalized spacial score (nSPS) is 19.6. The molecule has 2 heterocycles. The Morgan fingerprint density at radius 2 is 2.35 bits per heavy atom. The summed E-state index contributed by atoms with van der Waals surface area (Å²) < 4.78 is 5.20. The summed E-state index contributed by atoms with van der Waals surface area (Å²) in [7, 11) is 0. The van der Waals surface area contributed by atoms with Crippen molar-refractivity contribution in [2.75, 3.05) is 6.54 Å². The van der Waals surface area contributed by atoms with E-state index in [0.29, 0.717) is 30.7 Å². The molecule has 1 aliphatic heterocycles. The lowest BCUT2D eigenvalue weighted by Gasteiger charge is -2.21. The number of aliphatic carboxylic acids is 1. The van der Waals surface area contributed by atoms with Crippen LogP contribution in [0.5, 0.6) is 0 Å². The number of rotatable bonds is 3. The van der Waals surface area contributed by atoms with Gasteiger partial charge in [0.25, 0.3) is 5.91 Å². The Bertz CT molecular complexity index is 437. The van der Waals surface area contributed by atoms with Crippen molar-refractivity contribution in [1.29, 1.82) is 0 Å². The van der Waals surface area contributed by atoms with E-state index in [-0.39, 0.29) is 5.91 Å². The number of hydrogen-bond acceptors (Lipinski definition) is 3. The maximum atomic E-state index is 12.2. The zero-order valence-electron chi connectivity index (χ0n) is 9.68. The molecule has 1 atom stereocenters. The van der Waals surface area contributed by atoms with Gasteiger partial charge in [-0.1, -0.05) is 6.92 Å². The van der Waals surface area contributed by atoms with Crippen molar-refractivity contribution in [3.8, 4) is 0 Å². The molecule has 1 N–H and O–H groups in total. The van der Waals surface area contributed by atoms with Crippen LogP contribution >= 0.6 is 0 Å².